The first-order chi connectivity index (χ1) is 8.31. The summed E-state index contributed by atoms with van der Waals surface area (Å²) >= 11 is 3.40. The molecule has 5 heteroatoms. The third-order valence-electron chi connectivity index (χ3n) is 2.02. The number of esters is 1. The lowest BCUT2D eigenvalue weighted by molar-refractivity contribution is -0.152. The lowest BCUT2D eigenvalue weighted by atomic mass is 10.2. The smallest absolute Gasteiger partial charge is 0.325 e. The highest BCUT2D eigenvalue weighted by Gasteiger charge is 2.16. The molecule has 18 heavy (non-hydrogen) atoms. The maximum atomic E-state index is 11.6. The van der Waals surface area contributed by atoms with Crippen LogP contribution in [0.2, 0.25) is 0 Å². The monoisotopic (exact) mass is 315 g/mol. The minimum atomic E-state index is -0.468. The average Bonchev–Trinajstić information content (AvgIpc) is 2.25. The standard InChI is InChI=1S/C13H18BrNO3/c1-13(2,3)18-12(16)8-15-11-7-9(17-4)5-6-10(11)14/h5-7,15H,8H2,1-4H3. The van der Waals surface area contributed by atoms with Gasteiger partial charge in [-0.3, -0.25) is 4.79 Å². The Morgan fingerprint density at radius 1 is 1.39 bits per heavy atom. The lowest BCUT2D eigenvalue weighted by Gasteiger charge is -2.20. The minimum absolute atomic E-state index is 0.114. The molecule has 0 fully saturated rings. The number of anilines is 1. The number of ether oxygens (including phenoxy) is 2. The summed E-state index contributed by atoms with van der Waals surface area (Å²) in [6.45, 7) is 5.63. The Hall–Kier alpha value is -1.23. The van der Waals surface area contributed by atoms with Crippen molar-refractivity contribution in [3.05, 3.63) is 22.7 Å². The van der Waals surface area contributed by atoms with Crippen LogP contribution in [0.5, 0.6) is 5.75 Å². The second kappa shape index (κ2) is 6.09. The molecule has 0 bridgehead atoms. The van der Waals surface area contributed by atoms with E-state index in [9.17, 15) is 4.79 Å². The maximum absolute atomic E-state index is 11.6. The van der Waals surface area contributed by atoms with Gasteiger partial charge in [0.1, 0.15) is 17.9 Å². The molecule has 0 radical (unpaired) electrons. The van der Waals surface area contributed by atoms with Crippen LogP contribution in [-0.2, 0) is 9.53 Å². The number of rotatable bonds is 4. The number of hydrogen-bond acceptors (Lipinski definition) is 4. The fourth-order valence-corrected chi connectivity index (χ4v) is 1.70. The quantitative estimate of drug-likeness (QED) is 0.867. The summed E-state index contributed by atoms with van der Waals surface area (Å²) in [5.41, 5.74) is 0.324. The van der Waals surface area contributed by atoms with E-state index in [1.807, 2.05) is 39.0 Å². The summed E-state index contributed by atoms with van der Waals surface area (Å²) in [6.07, 6.45) is 0. The molecule has 1 aromatic carbocycles. The molecule has 0 heterocycles. The van der Waals surface area contributed by atoms with E-state index in [1.54, 1.807) is 7.11 Å². The van der Waals surface area contributed by atoms with Crippen molar-refractivity contribution >= 4 is 27.6 Å². The first kappa shape index (κ1) is 14.8. The summed E-state index contributed by atoms with van der Waals surface area (Å²) < 4.78 is 11.2. The molecular weight excluding hydrogens is 298 g/mol. The van der Waals surface area contributed by atoms with E-state index in [-0.39, 0.29) is 12.5 Å². The molecule has 0 spiro atoms. The molecule has 0 saturated heterocycles. The van der Waals surface area contributed by atoms with Gasteiger partial charge in [-0.1, -0.05) is 0 Å². The molecule has 1 N–H and O–H groups in total. The number of benzene rings is 1. The Labute approximate surface area is 116 Å². The van der Waals surface area contributed by atoms with Crippen LogP contribution in [0.1, 0.15) is 20.8 Å². The SMILES string of the molecule is COc1ccc(Br)c(NCC(=O)OC(C)(C)C)c1. The van der Waals surface area contributed by atoms with E-state index in [2.05, 4.69) is 21.2 Å². The molecule has 1 rings (SSSR count). The van der Waals surface area contributed by atoms with Crippen LogP contribution < -0.4 is 10.1 Å². The summed E-state index contributed by atoms with van der Waals surface area (Å²) in [5, 5.41) is 3.01. The molecule has 0 amide bonds. The zero-order chi connectivity index (χ0) is 13.8. The van der Waals surface area contributed by atoms with E-state index in [0.29, 0.717) is 0 Å². The van der Waals surface area contributed by atoms with Gasteiger partial charge in [0.25, 0.3) is 0 Å². The van der Waals surface area contributed by atoms with Crippen molar-refractivity contribution in [3.63, 3.8) is 0 Å². The van der Waals surface area contributed by atoms with Crippen molar-refractivity contribution in [3.8, 4) is 5.75 Å². The van der Waals surface area contributed by atoms with E-state index in [1.165, 1.54) is 0 Å². The third kappa shape index (κ3) is 4.96. The molecule has 0 unspecified atom stereocenters. The van der Waals surface area contributed by atoms with Crippen molar-refractivity contribution in [2.45, 2.75) is 26.4 Å². The predicted octanol–water partition coefficient (Wildman–Crippen LogP) is 3.21. The van der Waals surface area contributed by atoms with Gasteiger partial charge >= 0.3 is 5.97 Å². The van der Waals surface area contributed by atoms with Crippen LogP contribution in [-0.4, -0.2) is 25.2 Å². The summed E-state index contributed by atoms with van der Waals surface area (Å²) in [6, 6.07) is 5.51. The minimum Gasteiger partial charge on any atom is -0.497 e. The first-order valence-corrected chi connectivity index (χ1v) is 6.40. The number of halogens is 1. The number of hydrogen-bond donors (Lipinski definition) is 1. The van der Waals surface area contributed by atoms with E-state index >= 15 is 0 Å². The van der Waals surface area contributed by atoms with Crippen LogP contribution in [0.4, 0.5) is 5.69 Å². The second-order valence-electron chi connectivity index (χ2n) is 4.79. The highest BCUT2D eigenvalue weighted by atomic mass is 79.9. The van der Waals surface area contributed by atoms with Gasteiger partial charge in [-0.15, -0.1) is 0 Å². The lowest BCUT2D eigenvalue weighted by Crippen LogP contribution is -2.28. The molecule has 1 aromatic rings. The third-order valence-corrected chi connectivity index (χ3v) is 2.71. The van der Waals surface area contributed by atoms with E-state index in [0.717, 1.165) is 15.9 Å². The normalized spacial score (nSPS) is 10.9. The Morgan fingerprint density at radius 2 is 2.06 bits per heavy atom. The van der Waals surface area contributed by atoms with Crippen molar-refractivity contribution in [1.29, 1.82) is 0 Å². The molecule has 4 nitrogen and oxygen atoms in total. The van der Waals surface area contributed by atoms with Gasteiger partial charge in [-0.2, -0.15) is 0 Å². The van der Waals surface area contributed by atoms with Gasteiger partial charge in [-0.25, -0.2) is 0 Å². The summed E-state index contributed by atoms with van der Waals surface area (Å²) in [7, 11) is 1.60. The van der Waals surface area contributed by atoms with E-state index in [4.69, 9.17) is 9.47 Å². The van der Waals surface area contributed by atoms with Crippen LogP contribution in [0, 0.1) is 0 Å². The number of carbonyl (C=O) groups is 1. The molecule has 100 valence electrons. The van der Waals surface area contributed by atoms with E-state index < -0.39 is 5.60 Å². The van der Waals surface area contributed by atoms with Crippen LogP contribution in [0.15, 0.2) is 22.7 Å². The van der Waals surface area contributed by atoms with Gasteiger partial charge in [0.2, 0.25) is 0 Å². The fraction of sp³-hybridized carbons (Fsp3) is 0.462. The Balaban J connectivity index is 2.60. The van der Waals surface area contributed by atoms with Crippen LogP contribution in [0.25, 0.3) is 0 Å². The Bertz CT molecular complexity index is 427. The molecule has 0 aromatic heterocycles. The maximum Gasteiger partial charge on any atom is 0.325 e. The molecule has 0 aliphatic carbocycles. The number of methoxy groups -OCH3 is 1. The van der Waals surface area contributed by atoms with Gasteiger partial charge in [0, 0.05) is 10.5 Å². The summed E-state index contributed by atoms with van der Waals surface area (Å²) in [4.78, 5) is 11.6. The van der Waals surface area contributed by atoms with Crippen LogP contribution >= 0.6 is 15.9 Å². The van der Waals surface area contributed by atoms with Gasteiger partial charge in [0.05, 0.1) is 12.8 Å². The average molecular weight is 316 g/mol. The molecule has 0 atom stereocenters. The van der Waals surface area contributed by atoms with Gasteiger partial charge in [-0.05, 0) is 48.8 Å². The van der Waals surface area contributed by atoms with Crippen molar-refractivity contribution in [2.75, 3.05) is 19.0 Å². The molecule has 0 aliphatic heterocycles. The topological polar surface area (TPSA) is 47.6 Å². The van der Waals surface area contributed by atoms with Crippen LogP contribution in [0.3, 0.4) is 0 Å². The first-order valence-electron chi connectivity index (χ1n) is 5.61. The largest absolute Gasteiger partial charge is 0.497 e. The zero-order valence-electron chi connectivity index (χ0n) is 11.0. The fourth-order valence-electron chi connectivity index (χ4n) is 1.31. The zero-order valence-corrected chi connectivity index (χ0v) is 12.6. The number of carbonyl (C=O) groups excluding carboxylic acids is 1. The Kier molecular flexibility index (Phi) is 5.02. The summed E-state index contributed by atoms with van der Waals surface area (Å²) in [5.74, 6) is 0.433. The highest BCUT2D eigenvalue weighted by Crippen LogP contribution is 2.26. The number of nitrogens with one attached hydrogen (secondary N) is 1. The molecular formula is C13H18BrNO3. The molecule has 0 saturated carbocycles. The van der Waals surface area contributed by atoms with Gasteiger partial charge < -0.3 is 14.8 Å². The van der Waals surface area contributed by atoms with Crippen molar-refractivity contribution in [2.24, 2.45) is 0 Å². The Morgan fingerprint density at radius 3 is 2.61 bits per heavy atom. The van der Waals surface area contributed by atoms with Crippen molar-refractivity contribution < 1.29 is 14.3 Å². The second-order valence-corrected chi connectivity index (χ2v) is 5.64. The van der Waals surface area contributed by atoms with Gasteiger partial charge in [0.15, 0.2) is 0 Å². The van der Waals surface area contributed by atoms with Crippen molar-refractivity contribution in [1.82, 2.24) is 0 Å². The predicted molar refractivity (Wildman–Crippen MR) is 75.0 cm³/mol. The highest BCUT2D eigenvalue weighted by molar-refractivity contribution is 9.10. The molecule has 0 aliphatic rings.